The molecule has 754 valence electrons. The molecule has 0 bridgehead atoms. The van der Waals surface area contributed by atoms with E-state index in [1.54, 1.807) is 24.3 Å². The molecule has 0 heterocycles. The molecule has 0 saturated carbocycles. The predicted octanol–water partition coefficient (Wildman–Crippen LogP) is 6.63. The number of phenols is 4. The first-order valence-electron chi connectivity index (χ1n) is 38.7. The van der Waals surface area contributed by atoms with Crippen LogP contribution in [0.5, 0.6) is 46.0 Å². The van der Waals surface area contributed by atoms with Crippen LogP contribution in [-0.2, 0) is 80.9 Å². The van der Waals surface area contributed by atoms with Gasteiger partial charge in [-0.1, -0.05) is 48.5 Å². The molecule has 28 N–H and O–H groups in total. The summed E-state index contributed by atoms with van der Waals surface area (Å²) in [7, 11) is -36.9. The zero-order valence-electron chi connectivity index (χ0n) is 71.6. The number of phenolic OH excluding ortho intramolecular Hbond substituents is 4. The van der Waals surface area contributed by atoms with Gasteiger partial charge in [-0.2, -0.15) is 67.3 Å². The summed E-state index contributed by atoms with van der Waals surface area (Å²) >= 11 is 0. The van der Waals surface area contributed by atoms with E-state index in [9.17, 15) is 170 Å². The highest BCUT2D eigenvalue weighted by Crippen LogP contribution is 2.52. The van der Waals surface area contributed by atoms with E-state index in [0.29, 0.717) is 46.5 Å². The summed E-state index contributed by atoms with van der Waals surface area (Å²) in [5.74, 6) is -3.37. The van der Waals surface area contributed by atoms with Gasteiger partial charge in [0, 0.05) is 34.6 Å². The molecule has 0 aromatic heterocycles. The Bertz CT molecular complexity index is 7970. The van der Waals surface area contributed by atoms with Gasteiger partial charge < -0.3 is 113 Å². The summed E-state index contributed by atoms with van der Waals surface area (Å²) in [5, 5.41) is 176. The van der Waals surface area contributed by atoms with Crippen molar-refractivity contribution in [2.45, 2.75) is 88.2 Å². The number of aliphatic hydroxyl groups excluding tert-OH is 9. The predicted molar refractivity (Wildman–Crippen MR) is 491 cm³/mol. The van der Waals surface area contributed by atoms with Crippen LogP contribution in [0.3, 0.4) is 0 Å². The minimum atomic E-state index is -5.47. The minimum absolute atomic E-state index is 0.0189. The highest BCUT2D eigenvalue weighted by molar-refractivity contribution is 7.88. The number of hydrogen-bond donors (Lipinski definition) is 26. The van der Waals surface area contributed by atoms with Crippen LogP contribution in [0, 0.1) is 0 Å². The fourth-order valence-corrected chi connectivity index (χ4v) is 19.8. The number of nitrogen functional groups attached to an aromatic ring is 2. The number of rotatable bonds is 35. The maximum absolute atomic E-state index is 12.6. The van der Waals surface area contributed by atoms with Gasteiger partial charge in [0.1, 0.15) is 138 Å². The van der Waals surface area contributed by atoms with E-state index in [1.807, 2.05) is 0 Å². The molecule has 0 radical (unpaired) electrons. The second-order valence-corrected chi connectivity index (χ2v) is 40.8. The summed E-state index contributed by atoms with van der Waals surface area (Å²) in [6.07, 6.45) is -17.7. The molecule has 0 spiro atoms. The van der Waals surface area contributed by atoms with E-state index < -0.39 is 278 Å². The van der Waals surface area contributed by atoms with Crippen LogP contribution >= 0.6 is 0 Å². The van der Waals surface area contributed by atoms with E-state index in [-0.39, 0.29) is 67.9 Å². The smallest absolute Gasteiger partial charge is 0.296 e. The zero-order valence-corrected chi connectivity index (χ0v) is 78.1. The third-order valence-corrected chi connectivity index (χ3v) is 27.9. The molecule has 0 amide bonds. The van der Waals surface area contributed by atoms with Gasteiger partial charge in [0.25, 0.3) is 80.9 Å². The summed E-state index contributed by atoms with van der Waals surface area (Å²) < 4.78 is 297. The number of fused-ring (bicyclic) bond motifs is 4. The zero-order chi connectivity index (χ0) is 105. The Morgan fingerprint density at radius 3 is 0.709 bits per heavy atom. The van der Waals surface area contributed by atoms with Crippen molar-refractivity contribution in [2.24, 2.45) is 40.9 Å². The molecule has 141 heavy (non-hydrogen) atoms. The Hall–Kier alpha value is -13.4. The van der Waals surface area contributed by atoms with Crippen molar-refractivity contribution in [3.05, 3.63) is 146 Å². The van der Waals surface area contributed by atoms with Crippen molar-refractivity contribution in [3.8, 4) is 68.2 Å². The van der Waals surface area contributed by atoms with Crippen molar-refractivity contribution >= 4 is 192 Å². The van der Waals surface area contributed by atoms with Gasteiger partial charge in [0.05, 0.1) is 91.5 Å². The number of nitrogens with two attached hydrogens (primary N) is 2. The van der Waals surface area contributed by atoms with Crippen LogP contribution < -0.4 is 41.0 Å². The first-order chi connectivity index (χ1) is 65.5. The molecule has 62 heteroatoms. The molecule has 12 aromatic rings. The lowest BCUT2D eigenvalue weighted by molar-refractivity contribution is -0.175. The monoisotopic (exact) mass is 2120 g/mol. The average molecular weight is 2120 g/mol. The number of benzene rings is 12. The topological polar surface area (TPSA) is 930 Å². The Labute approximate surface area is 794 Å². The first-order valence-corrected chi connectivity index (χ1v) is 50.3. The average Bonchev–Trinajstić information content (AvgIpc) is 0.748. The van der Waals surface area contributed by atoms with Crippen LogP contribution in [0.1, 0.15) is 0 Å². The van der Waals surface area contributed by atoms with E-state index >= 15 is 0 Å². The van der Waals surface area contributed by atoms with Crippen molar-refractivity contribution in [1.82, 2.24) is 0 Å². The Kier molecular flexibility index (Phi) is 31.7. The van der Waals surface area contributed by atoms with Crippen LogP contribution in [-0.4, -0.2) is 272 Å². The number of nitrogens with zero attached hydrogens (tertiary/aromatic N) is 8. The number of aromatic hydroxyl groups is 4. The van der Waals surface area contributed by atoms with E-state index in [1.165, 1.54) is 77.0 Å². The fraction of sp³-hybridized carbons (Fsp3) is 0.190. The van der Waals surface area contributed by atoms with Gasteiger partial charge in [-0.25, -0.2) is 0 Å². The van der Waals surface area contributed by atoms with Crippen molar-refractivity contribution in [2.75, 3.05) is 70.2 Å². The van der Waals surface area contributed by atoms with E-state index in [4.69, 9.17) is 35.5 Å². The largest absolute Gasteiger partial charge is 0.505 e. The highest BCUT2D eigenvalue weighted by Gasteiger charge is 2.37. The molecule has 12 aromatic carbocycles. The first kappa shape index (κ1) is 108. The summed E-state index contributed by atoms with van der Waals surface area (Å²) in [5.41, 5.74) is 9.08. The summed E-state index contributed by atoms with van der Waals surface area (Å²) in [4.78, 5) is -8.94. The van der Waals surface area contributed by atoms with Crippen LogP contribution in [0.25, 0.3) is 65.3 Å². The minimum Gasteiger partial charge on any atom is -0.505 e. The number of aliphatic hydroxyl groups is 10. The molecular weight excluding hydrogens is 2050 g/mol. The van der Waals surface area contributed by atoms with Gasteiger partial charge in [-0.05, 0) is 119 Å². The van der Waals surface area contributed by atoms with Crippen molar-refractivity contribution in [1.29, 1.82) is 0 Å². The molecule has 0 aliphatic carbocycles. The Morgan fingerprint density at radius 2 is 0.482 bits per heavy atom. The number of ether oxygens (including phenoxy) is 4. The number of hydrogen-bond acceptors (Lipinski definition) is 46. The standard InChI is InChI=1S/C45H50N6O26S4.C34H28N6O16S4/c1-76-29-11-18(3-7-22(29)48-50-24-9-5-20-31(78(64,65)66)13-33(80(70,71)72)37(35(20)39(24)56)46-15-26(53)41(58)43(60)28(55)17-52)19-4-8-23(30(12-19)77-2)49-51-25-10-6-21-32(79(67,68)69)14-34(81(73,74)75)38(36(21)40(25)57)47-16-27(54)42(59)44(61)45(62)63;1-55-23-11-15(3-7-19(23)37-39-21-9-5-17-25(57(43,44)45)13-27(59(49,50)51)31(35)29(17)33(21)41)16-4-8-20(24(12-16)56-2)38-40-22-10-6-18-26(58(46,47)48)14-28(60(52,53)54)32(36)30(18)34(22)42/h3-14,26-28,41-47,52-63H,15-17H2,1-2H3,(H,64,65,66)(H,67,68,69)(H,70,71,72)(H,73,74,75);3-14,41-42H,35-36H2,1-2H3,(H,43,44,45)(H,46,47,48)(H,49,50,51)(H,52,53,54). The van der Waals surface area contributed by atoms with Crippen LogP contribution in [0.2, 0.25) is 0 Å². The molecular formula is C79H78N12O42S8. The third kappa shape index (κ3) is 23.3. The normalized spacial score (nSPS) is 14.3. The van der Waals surface area contributed by atoms with Crippen LogP contribution in [0.15, 0.2) is 226 Å². The number of azo groups is 4. The van der Waals surface area contributed by atoms with E-state index in [2.05, 4.69) is 51.5 Å². The molecule has 0 aliphatic heterocycles. The SMILES string of the molecule is COc1cc(-c2ccc(N=Nc3ccc4c(S(=O)(=O)O)cc(S(=O)(=O)O)c(N)c4c3O)c(OC)c2)ccc1N=Nc1ccc2c(S(=O)(=O)O)cc(S(=O)(=O)O)c(N)c2c1O.COc1cc(-c2ccc(N=Nc3ccc4c(S(=O)(=O)O)cc(S(=O)(=O)O)c(NCC(O)C(O)C(O)C(O)CO)c4c3O)c(OC)c2)ccc1N=Nc1ccc2c(S(=O)(=O)O)cc(S(=O)(=O)O)c(NCC(O)C(O)C(O)C(O)O)c2c1O. The summed E-state index contributed by atoms with van der Waals surface area (Å²) in [6, 6.07) is 27.8. The number of nitrogens with one attached hydrogen (secondary N) is 2. The molecule has 0 saturated heterocycles. The third-order valence-electron chi connectivity index (χ3n) is 20.8. The van der Waals surface area contributed by atoms with Gasteiger partial charge in [0.15, 0.2) is 29.3 Å². The molecule has 7 unspecified atom stereocenters. The van der Waals surface area contributed by atoms with E-state index in [0.717, 1.165) is 48.5 Å². The highest BCUT2D eigenvalue weighted by atomic mass is 32.2. The number of anilines is 4. The maximum Gasteiger partial charge on any atom is 0.296 e. The van der Waals surface area contributed by atoms with Crippen molar-refractivity contribution < 1.29 is 194 Å². The van der Waals surface area contributed by atoms with Gasteiger partial charge >= 0.3 is 0 Å². The second kappa shape index (κ2) is 41.4. The maximum atomic E-state index is 12.6. The number of methoxy groups -OCH3 is 4. The van der Waals surface area contributed by atoms with Crippen LogP contribution in [0.4, 0.5) is 68.2 Å². The molecule has 0 fully saturated rings. The lowest BCUT2D eigenvalue weighted by Gasteiger charge is -2.26. The van der Waals surface area contributed by atoms with Crippen molar-refractivity contribution in [3.63, 3.8) is 0 Å². The lowest BCUT2D eigenvalue weighted by atomic mass is 10.0. The van der Waals surface area contributed by atoms with Gasteiger partial charge in [-0.15, -0.1) is 40.9 Å². The van der Waals surface area contributed by atoms with Gasteiger partial charge in [0.2, 0.25) is 0 Å². The molecule has 0 aliphatic rings. The second-order valence-electron chi connectivity index (χ2n) is 29.7. The Balaban J connectivity index is 0.000000281. The lowest BCUT2D eigenvalue weighted by Crippen LogP contribution is -2.48. The summed E-state index contributed by atoms with van der Waals surface area (Å²) in [6.45, 7) is -2.95. The molecule has 54 nitrogen and oxygen atoms in total. The van der Waals surface area contributed by atoms with Gasteiger partial charge in [-0.3, -0.25) is 36.4 Å². The molecule has 12 rings (SSSR count). The Morgan fingerprint density at radius 1 is 0.277 bits per heavy atom. The fourth-order valence-electron chi connectivity index (χ4n) is 13.9. The quantitative estimate of drug-likeness (QED) is 0.00857. The molecule has 7 atom stereocenters.